The fourth-order valence-electron chi connectivity index (χ4n) is 2.97. The third kappa shape index (κ3) is 15.4. The third-order valence-electron chi connectivity index (χ3n) is 4.99. The van der Waals surface area contributed by atoms with Crippen LogP contribution in [0.25, 0.3) is 0 Å². The first-order valence-electron chi connectivity index (χ1n) is 9.82. The lowest BCUT2D eigenvalue weighted by molar-refractivity contribution is -0.116. The van der Waals surface area contributed by atoms with E-state index in [0.29, 0.717) is 12.3 Å². The maximum atomic E-state index is 11.1. The van der Waals surface area contributed by atoms with Crippen molar-refractivity contribution in [2.45, 2.75) is 104 Å². The lowest BCUT2D eigenvalue weighted by Crippen LogP contribution is -2.14. The van der Waals surface area contributed by atoms with Gasteiger partial charge in [0.15, 0.2) is 0 Å². The number of hydrogen-bond acceptors (Lipinski definition) is 2. The van der Waals surface area contributed by atoms with E-state index in [2.05, 4.69) is 6.92 Å². The van der Waals surface area contributed by atoms with Crippen molar-refractivity contribution in [2.24, 2.45) is 11.8 Å². The van der Waals surface area contributed by atoms with Gasteiger partial charge in [-0.05, 0) is 42.0 Å². The Morgan fingerprint density at radius 1 is 0.667 bits per heavy atom. The van der Waals surface area contributed by atoms with E-state index in [9.17, 15) is 9.59 Å². The molecule has 0 aliphatic carbocycles. The molecule has 0 spiro atoms. The third-order valence-corrected chi connectivity index (χ3v) is 5.53. The first kappa shape index (κ1) is 23.9. The van der Waals surface area contributed by atoms with E-state index in [1.165, 1.54) is 64.2 Å². The Morgan fingerprint density at radius 2 is 1.04 bits per heavy atom. The Labute approximate surface area is 159 Å². The number of carbonyl (C=O) groups excluding carboxylic acids is 2. The van der Waals surface area contributed by atoms with Crippen LogP contribution in [-0.4, -0.2) is 10.5 Å². The molecule has 2 nitrogen and oxygen atoms in total. The molecule has 24 heavy (non-hydrogen) atoms. The lowest BCUT2D eigenvalue weighted by Gasteiger charge is -2.15. The van der Waals surface area contributed by atoms with Crippen LogP contribution in [0, 0.1) is 11.8 Å². The van der Waals surface area contributed by atoms with Gasteiger partial charge in [0.2, 0.25) is 10.5 Å². The zero-order valence-electron chi connectivity index (χ0n) is 15.6. The molecule has 0 rings (SSSR count). The molecule has 0 radical (unpaired) electrons. The minimum Gasteiger partial charge on any atom is -0.281 e. The van der Waals surface area contributed by atoms with E-state index in [1.54, 1.807) is 0 Å². The van der Waals surface area contributed by atoms with Crippen molar-refractivity contribution in [3.05, 3.63) is 0 Å². The van der Waals surface area contributed by atoms with E-state index in [4.69, 9.17) is 23.2 Å². The second-order valence-electron chi connectivity index (χ2n) is 7.21. The topological polar surface area (TPSA) is 34.1 Å². The van der Waals surface area contributed by atoms with Crippen LogP contribution in [0.2, 0.25) is 0 Å². The Kier molecular flexibility index (Phi) is 16.3. The van der Waals surface area contributed by atoms with E-state index in [0.717, 1.165) is 19.3 Å². The average molecular weight is 379 g/mol. The molecule has 0 aromatic carbocycles. The number of carbonyl (C=O) groups is 2. The van der Waals surface area contributed by atoms with Crippen molar-refractivity contribution in [1.29, 1.82) is 0 Å². The van der Waals surface area contributed by atoms with Crippen molar-refractivity contribution < 1.29 is 9.59 Å². The van der Waals surface area contributed by atoms with Gasteiger partial charge in [0.05, 0.1) is 0 Å². The minimum atomic E-state index is -0.202. The molecule has 0 aliphatic heterocycles. The van der Waals surface area contributed by atoms with E-state index in [1.807, 2.05) is 6.92 Å². The molecule has 0 fully saturated rings. The van der Waals surface area contributed by atoms with Crippen LogP contribution < -0.4 is 0 Å². The second-order valence-corrected chi connectivity index (χ2v) is 8.00. The number of unbranched alkanes of at least 4 members (excludes halogenated alkanes) is 11. The van der Waals surface area contributed by atoms with Crippen LogP contribution in [0.5, 0.6) is 0 Å². The van der Waals surface area contributed by atoms with Crippen LogP contribution in [0.4, 0.5) is 0 Å². The standard InChI is InChI=1S/C20H36Cl2O2/c1-17(18(2)20(22)24)15-13-11-9-7-5-3-4-6-8-10-12-14-16-19(21)23/h17-18H,3-16H2,1-2H3. The zero-order valence-corrected chi connectivity index (χ0v) is 17.1. The highest BCUT2D eigenvalue weighted by atomic mass is 35.5. The summed E-state index contributed by atoms with van der Waals surface area (Å²) in [6, 6.07) is 0. The van der Waals surface area contributed by atoms with Crippen LogP contribution in [-0.2, 0) is 9.59 Å². The molecule has 0 saturated carbocycles. The molecule has 0 amide bonds. The maximum Gasteiger partial charge on any atom is 0.224 e. The predicted octanol–water partition coefficient (Wildman–Crippen LogP) is 7.25. The van der Waals surface area contributed by atoms with Crippen molar-refractivity contribution in [3.63, 3.8) is 0 Å². The Balaban J connectivity index is 3.20. The molecule has 0 saturated heterocycles. The maximum absolute atomic E-state index is 11.1. The van der Waals surface area contributed by atoms with Crippen molar-refractivity contribution in [2.75, 3.05) is 0 Å². The van der Waals surface area contributed by atoms with Crippen LogP contribution in [0.3, 0.4) is 0 Å². The molecule has 142 valence electrons. The van der Waals surface area contributed by atoms with Crippen molar-refractivity contribution >= 4 is 33.7 Å². The molecule has 0 bridgehead atoms. The summed E-state index contributed by atoms with van der Waals surface area (Å²) in [7, 11) is 0. The van der Waals surface area contributed by atoms with Gasteiger partial charge in [0.25, 0.3) is 0 Å². The normalized spacial score (nSPS) is 13.7. The summed E-state index contributed by atoms with van der Waals surface area (Å²) >= 11 is 10.8. The predicted molar refractivity (Wildman–Crippen MR) is 105 cm³/mol. The summed E-state index contributed by atoms with van der Waals surface area (Å²) in [4.78, 5) is 21.7. The summed E-state index contributed by atoms with van der Waals surface area (Å²) in [6.07, 6.45) is 16.7. The van der Waals surface area contributed by atoms with Gasteiger partial charge in [0, 0.05) is 12.3 Å². The molecule has 0 aromatic heterocycles. The minimum absolute atomic E-state index is 0.0120. The summed E-state index contributed by atoms with van der Waals surface area (Å²) in [5.74, 6) is 0.389. The fraction of sp³-hybridized carbons (Fsp3) is 0.900. The van der Waals surface area contributed by atoms with Crippen LogP contribution in [0.1, 0.15) is 104 Å². The van der Waals surface area contributed by atoms with Gasteiger partial charge >= 0.3 is 0 Å². The van der Waals surface area contributed by atoms with Gasteiger partial charge in [-0.2, -0.15) is 0 Å². The summed E-state index contributed by atoms with van der Waals surface area (Å²) in [5.41, 5.74) is 0. The highest BCUT2D eigenvalue weighted by Crippen LogP contribution is 2.21. The average Bonchev–Trinajstić information content (AvgIpc) is 2.53. The summed E-state index contributed by atoms with van der Waals surface area (Å²) in [6.45, 7) is 4.05. The largest absolute Gasteiger partial charge is 0.281 e. The molecular weight excluding hydrogens is 343 g/mol. The SMILES string of the molecule is CC(CCCCCCCCCCCCCCC(=O)Cl)C(C)C(=O)Cl. The van der Waals surface area contributed by atoms with Crippen molar-refractivity contribution in [1.82, 2.24) is 0 Å². The molecule has 4 heteroatoms. The van der Waals surface area contributed by atoms with Gasteiger partial charge in [0.1, 0.15) is 0 Å². The summed E-state index contributed by atoms with van der Waals surface area (Å²) < 4.78 is 0. The Morgan fingerprint density at radius 3 is 1.42 bits per heavy atom. The molecule has 2 atom stereocenters. The van der Waals surface area contributed by atoms with Crippen molar-refractivity contribution in [3.8, 4) is 0 Å². The van der Waals surface area contributed by atoms with Crippen LogP contribution >= 0.6 is 23.2 Å². The van der Waals surface area contributed by atoms with Gasteiger partial charge in [-0.15, -0.1) is 0 Å². The van der Waals surface area contributed by atoms with Crippen LogP contribution in [0.15, 0.2) is 0 Å². The highest BCUT2D eigenvalue weighted by molar-refractivity contribution is 6.64. The molecule has 0 N–H and O–H groups in total. The fourth-order valence-corrected chi connectivity index (χ4v) is 3.32. The molecular formula is C20H36Cl2O2. The van der Waals surface area contributed by atoms with Gasteiger partial charge in [-0.3, -0.25) is 9.59 Å². The van der Waals surface area contributed by atoms with E-state index >= 15 is 0 Å². The first-order chi connectivity index (χ1) is 11.4. The Hall–Kier alpha value is -0.0800. The number of halogens is 2. The second kappa shape index (κ2) is 16.4. The van der Waals surface area contributed by atoms with E-state index < -0.39 is 0 Å². The lowest BCUT2D eigenvalue weighted by atomic mass is 9.91. The number of rotatable bonds is 17. The molecule has 0 aromatic rings. The van der Waals surface area contributed by atoms with Gasteiger partial charge in [-0.25, -0.2) is 0 Å². The monoisotopic (exact) mass is 378 g/mol. The smallest absolute Gasteiger partial charge is 0.224 e. The quantitative estimate of drug-likeness (QED) is 0.197. The first-order valence-corrected chi connectivity index (χ1v) is 10.6. The van der Waals surface area contributed by atoms with Gasteiger partial charge in [-0.1, -0.05) is 84.5 Å². The molecule has 0 heterocycles. The van der Waals surface area contributed by atoms with E-state index in [-0.39, 0.29) is 16.4 Å². The summed E-state index contributed by atoms with van der Waals surface area (Å²) in [5, 5.41) is -0.401. The highest BCUT2D eigenvalue weighted by Gasteiger charge is 2.17. The number of hydrogen-bond donors (Lipinski definition) is 0. The molecule has 0 aliphatic rings. The van der Waals surface area contributed by atoms with Gasteiger partial charge < -0.3 is 0 Å². The molecule has 2 unspecified atom stereocenters. The Bertz CT molecular complexity index is 332. The zero-order chi connectivity index (χ0) is 18.2.